The molecule has 0 atom stereocenters. The quantitative estimate of drug-likeness (QED) is 0.451. The molecule has 0 radical (unpaired) electrons. The number of benzene rings is 1. The maximum atomic E-state index is 4.93. The summed E-state index contributed by atoms with van der Waals surface area (Å²) in [5, 5.41) is 11.1. The molecule has 0 spiro atoms. The van der Waals surface area contributed by atoms with Gasteiger partial charge in [0, 0.05) is 32.5 Å². The molecule has 1 aliphatic carbocycles. The van der Waals surface area contributed by atoms with E-state index in [1.54, 1.807) is 22.7 Å². The van der Waals surface area contributed by atoms with Crippen LogP contribution in [0.5, 0.6) is 0 Å². The lowest BCUT2D eigenvalue weighted by molar-refractivity contribution is 1.06. The molecule has 7 heteroatoms. The zero-order valence-electron chi connectivity index (χ0n) is 14.3. The van der Waals surface area contributed by atoms with Gasteiger partial charge in [0.1, 0.15) is 6.33 Å². The van der Waals surface area contributed by atoms with Gasteiger partial charge in [0.15, 0.2) is 22.8 Å². The second kappa shape index (κ2) is 5.87. The fourth-order valence-corrected chi connectivity index (χ4v) is 4.84. The van der Waals surface area contributed by atoms with Crippen molar-refractivity contribution < 1.29 is 0 Å². The fourth-order valence-electron chi connectivity index (χ4n) is 3.28. The zero-order chi connectivity index (χ0) is 17.8. The van der Waals surface area contributed by atoms with E-state index in [0.717, 1.165) is 34.1 Å². The minimum atomic E-state index is 0.501. The predicted molar refractivity (Wildman–Crippen MR) is 112 cm³/mol. The highest BCUT2D eigenvalue weighted by Crippen LogP contribution is 2.35. The first-order valence-corrected chi connectivity index (χ1v) is 10.7. The van der Waals surface area contributed by atoms with Gasteiger partial charge in [0.05, 0.1) is 5.69 Å². The molecule has 0 unspecified atom stereocenters. The first-order valence-electron chi connectivity index (χ1n) is 8.87. The molecule has 1 aliphatic rings. The summed E-state index contributed by atoms with van der Waals surface area (Å²) in [7, 11) is 0. The van der Waals surface area contributed by atoms with Crippen molar-refractivity contribution in [2.24, 2.45) is 0 Å². The van der Waals surface area contributed by atoms with Crippen molar-refractivity contribution in [3.05, 3.63) is 52.8 Å². The number of imidazole rings is 1. The summed E-state index contributed by atoms with van der Waals surface area (Å²) in [4.78, 5) is 14.4. The maximum Gasteiger partial charge on any atom is 0.170 e. The van der Waals surface area contributed by atoms with Crippen LogP contribution in [-0.2, 0) is 0 Å². The number of rotatable bonds is 4. The third-order valence-electron chi connectivity index (χ3n) is 4.82. The van der Waals surface area contributed by atoms with Crippen LogP contribution in [0.3, 0.4) is 0 Å². The number of nitrogens with zero attached hydrogens (tertiary/aromatic N) is 4. The van der Waals surface area contributed by atoms with Gasteiger partial charge in [-0.2, -0.15) is 11.3 Å². The summed E-state index contributed by atoms with van der Waals surface area (Å²) in [6, 6.07) is 11.0. The number of thiophene rings is 2. The van der Waals surface area contributed by atoms with Gasteiger partial charge in [-0.25, -0.2) is 15.0 Å². The Morgan fingerprint density at radius 3 is 2.85 bits per heavy atom. The van der Waals surface area contributed by atoms with Crippen LogP contribution in [0.2, 0.25) is 0 Å². The van der Waals surface area contributed by atoms with Crippen molar-refractivity contribution in [2.45, 2.75) is 18.9 Å². The minimum absolute atomic E-state index is 0.501. The highest BCUT2D eigenvalue weighted by Gasteiger charge is 2.25. The lowest BCUT2D eigenvalue weighted by Gasteiger charge is -2.08. The summed E-state index contributed by atoms with van der Waals surface area (Å²) < 4.78 is 3.29. The van der Waals surface area contributed by atoms with E-state index in [4.69, 9.17) is 9.97 Å². The van der Waals surface area contributed by atoms with Crippen LogP contribution in [0.4, 0.5) is 5.82 Å². The average molecular weight is 390 g/mol. The molecule has 0 saturated heterocycles. The Morgan fingerprint density at radius 1 is 1.07 bits per heavy atom. The smallest absolute Gasteiger partial charge is 0.170 e. The van der Waals surface area contributed by atoms with E-state index in [1.807, 2.05) is 10.9 Å². The molecular weight excluding hydrogens is 374 g/mol. The van der Waals surface area contributed by atoms with Gasteiger partial charge in [-0.05, 0) is 30.4 Å². The Balaban J connectivity index is 1.61. The molecule has 0 amide bonds. The van der Waals surface area contributed by atoms with Crippen LogP contribution in [-0.4, -0.2) is 25.6 Å². The van der Waals surface area contributed by atoms with Crippen LogP contribution in [0, 0.1) is 0 Å². The van der Waals surface area contributed by atoms with Crippen LogP contribution < -0.4 is 5.32 Å². The first kappa shape index (κ1) is 15.3. The predicted octanol–water partition coefficient (Wildman–Crippen LogP) is 5.33. The Morgan fingerprint density at radius 2 is 2.00 bits per heavy atom. The standard InChI is InChI=1S/C20H15N5S2/c1-2-4-16-14(3-1)15(10-27-16)18-23-19(22-12-5-6-12)17-20(24-18)25(11-21-17)13-7-8-26-9-13/h1-4,7-12H,5-6H2,(H,22,23,24). The van der Waals surface area contributed by atoms with Crippen LogP contribution in [0.25, 0.3) is 38.3 Å². The average Bonchev–Trinajstić information content (AvgIpc) is 3.11. The van der Waals surface area contributed by atoms with Gasteiger partial charge in [0.25, 0.3) is 0 Å². The van der Waals surface area contributed by atoms with E-state index in [2.05, 4.69) is 56.8 Å². The summed E-state index contributed by atoms with van der Waals surface area (Å²) in [6.07, 6.45) is 4.22. The molecule has 27 heavy (non-hydrogen) atoms. The van der Waals surface area contributed by atoms with Gasteiger partial charge < -0.3 is 5.32 Å². The Hall–Kier alpha value is -2.77. The summed E-state index contributed by atoms with van der Waals surface area (Å²) >= 11 is 3.40. The second-order valence-electron chi connectivity index (χ2n) is 6.73. The minimum Gasteiger partial charge on any atom is -0.365 e. The first-order chi connectivity index (χ1) is 13.4. The molecule has 0 bridgehead atoms. The number of anilines is 1. The van der Waals surface area contributed by atoms with Crippen molar-refractivity contribution in [1.29, 1.82) is 0 Å². The molecule has 4 heterocycles. The van der Waals surface area contributed by atoms with E-state index in [-0.39, 0.29) is 0 Å². The number of hydrogen-bond donors (Lipinski definition) is 1. The van der Waals surface area contributed by atoms with Gasteiger partial charge in [-0.1, -0.05) is 18.2 Å². The van der Waals surface area contributed by atoms with E-state index < -0.39 is 0 Å². The van der Waals surface area contributed by atoms with Gasteiger partial charge in [-0.3, -0.25) is 4.57 Å². The fraction of sp³-hybridized carbons (Fsp3) is 0.150. The summed E-state index contributed by atoms with van der Waals surface area (Å²) in [5.74, 6) is 1.59. The lowest BCUT2D eigenvalue weighted by atomic mass is 10.1. The monoisotopic (exact) mass is 389 g/mol. The maximum absolute atomic E-state index is 4.93. The molecule has 5 nitrogen and oxygen atoms in total. The van der Waals surface area contributed by atoms with Gasteiger partial charge in [-0.15, -0.1) is 11.3 Å². The van der Waals surface area contributed by atoms with Crippen molar-refractivity contribution in [1.82, 2.24) is 19.5 Å². The number of fused-ring (bicyclic) bond motifs is 2. The zero-order valence-corrected chi connectivity index (χ0v) is 15.9. The Labute approximate surface area is 163 Å². The molecule has 1 saturated carbocycles. The molecule has 1 fully saturated rings. The molecular formula is C20H15N5S2. The molecule has 1 N–H and O–H groups in total. The van der Waals surface area contributed by atoms with E-state index in [9.17, 15) is 0 Å². The SMILES string of the molecule is c1ccc2c(-c3nc(NC4CC4)c4ncn(-c5ccsc5)c4n3)csc2c1. The van der Waals surface area contributed by atoms with Gasteiger partial charge >= 0.3 is 0 Å². The van der Waals surface area contributed by atoms with E-state index in [1.165, 1.54) is 22.9 Å². The molecule has 5 aromatic rings. The van der Waals surface area contributed by atoms with Crippen molar-refractivity contribution in [3.8, 4) is 17.1 Å². The van der Waals surface area contributed by atoms with Crippen molar-refractivity contribution in [2.75, 3.05) is 5.32 Å². The second-order valence-corrected chi connectivity index (χ2v) is 8.42. The topological polar surface area (TPSA) is 55.6 Å². The highest BCUT2D eigenvalue weighted by molar-refractivity contribution is 7.17. The van der Waals surface area contributed by atoms with Crippen LogP contribution >= 0.6 is 22.7 Å². The molecule has 1 aromatic carbocycles. The number of hydrogen-bond acceptors (Lipinski definition) is 6. The molecule has 6 rings (SSSR count). The van der Waals surface area contributed by atoms with Crippen LogP contribution in [0.1, 0.15) is 12.8 Å². The Kier molecular flexibility index (Phi) is 3.33. The van der Waals surface area contributed by atoms with Crippen molar-refractivity contribution >= 4 is 49.7 Å². The number of nitrogens with one attached hydrogen (secondary N) is 1. The molecule has 132 valence electrons. The normalized spacial score (nSPS) is 14.2. The summed E-state index contributed by atoms with van der Waals surface area (Å²) in [5.41, 5.74) is 3.84. The molecule has 0 aliphatic heterocycles. The third-order valence-corrected chi connectivity index (χ3v) is 6.45. The largest absolute Gasteiger partial charge is 0.365 e. The molecule has 4 aromatic heterocycles. The highest BCUT2D eigenvalue weighted by atomic mass is 32.1. The van der Waals surface area contributed by atoms with E-state index in [0.29, 0.717) is 6.04 Å². The van der Waals surface area contributed by atoms with Gasteiger partial charge in [0.2, 0.25) is 0 Å². The number of aromatic nitrogens is 4. The van der Waals surface area contributed by atoms with E-state index >= 15 is 0 Å². The third kappa shape index (κ3) is 2.54. The van der Waals surface area contributed by atoms with Crippen molar-refractivity contribution in [3.63, 3.8) is 0 Å². The van der Waals surface area contributed by atoms with Crippen LogP contribution in [0.15, 0.2) is 52.8 Å². The lowest BCUT2D eigenvalue weighted by Crippen LogP contribution is -2.06. The summed E-state index contributed by atoms with van der Waals surface area (Å²) in [6.45, 7) is 0. The Bertz CT molecular complexity index is 1260.